The van der Waals surface area contributed by atoms with E-state index in [1.54, 1.807) is 18.2 Å². The third kappa shape index (κ3) is 5.06. The average Bonchev–Trinajstić information content (AvgIpc) is 2.59. The Kier molecular flexibility index (Phi) is 6.25. The first-order valence-electron chi connectivity index (χ1n) is 8.26. The Bertz CT molecular complexity index is 641. The van der Waals surface area contributed by atoms with Crippen molar-refractivity contribution in [3.05, 3.63) is 71.8 Å². The van der Waals surface area contributed by atoms with Crippen LogP contribution >= 0.6 is 0 Å². The van der Waals surface area contributed by atoms with E-state index >= 15 is 0 Å². The van der Waals surface area contributed by atoms with E-state index in [1.807, 2.05) is 44.2 Å². The molecule has 0 aliphatic carbocycles. The van der Waals surface area contributed by atoms with Gasteiger partial charge in [0.15, 0.2) is 0 Å². The number of rotatable bonds is 7. The van der Waals surface area contributed by atoms with Crippen molar-refractivity contribution < 1.29 is 18.3 Å². The number of aliphatic hydroxyl groups excluding tert-OH is 1. The lowest BCUT2D eigenvalue weighted by Gasteiger charge is -2.35. The summed E-state index contributed by atoms with van der Waals surface area (Å²) >= 11 is 0. The smallest absolute Gasteiger partial charge is 0.396 e. The van der Waals surface area contributed by atoms with Crippen LogP contribution < -0.4 is 5.32 Å². The van der Waals surface area contributed by atoms with Gasteiger partial charge in [-0.1, -0.05) is 74.5 Å². The zero-order valence-corrected chi connectivity index (χ0v) is 14.4. The van der Waals surface area contributed by atoms with Crippen molar-refractivity contribution >= 4 is 0 Å². The van der Waals surface area contributed by atoms with E-state index in [1.165, 1.54) is 12.1 Å². The van der Waals surface area contributed by atoms with Gasteiger partial charge in [-0.2, -0.15) is 13.2 Å². The normalized spacial score (nSPS) is 15.0. The van der Waals surface area contributed by atoms with Crippen molar-refractivity contribution in [2.75, 3.05) is 13.2 Å². The molecule has 2 N–H and O–H groups in total. The zero-order chi connectivity index (χ0) is 18.5. The molecular formula is C20H24F3NO. The Morgan fingerprint density at radius 1 is 0.880 bits per heavy atom. The molecule has 2 unspecified atom stereocenters. The van der Waals surface area contributed by atoms with E-state index in [-0.39, 0.29) is 24.6 Å². The van der Waals surface area contributed by atoms with Gasteiger partial charge in [-0.15, -0.1) is 0 Å². The average molecular weight is 351 g/mol. The van der Waals surface area contributed by atoms with Gasteiger partial charge in [0.25, 0.3) is 0 Å². The summed E-state index contributed by atoms with van der Waals surface area (Å²) in [7, 11) is 0. The van der Waals surface area contributed by atoms with Crippen LogP contribution in [0.3, 0.4) is 0 Å². The van der Waals surface area contributed by atoms with Crippen LogP contribution in [0.2, 0.25) is 0 Å². The van der Waals surface area contributed by atoms with Crippen LogP contribution in [0, 0.1) is 5.41 Å². The third-order valence-electron chi connectivity index (χ3n) is 4.54. The number of halogens is 3. The molecule has 0 fully saturated rings. The molecule has 2 aromatic rings. The van der Waals surface area contributed by atoms with Crippen LogP contribution in [0.5, 0.6) is 0 Å². The quantitative estimate of drug-likeness (QED) is 0.759. The van der Waals surface area contributed by atoms with Crippen molar-refractivity contribution in [3.63, 3.8) is 0 Å². The lowest BCUT2D eigenvalue weighted by atomic mass is 9.75. The molecule has 5 heteroatoms. The standard InChI is InChI=1S/C20H24F3NO/c1-19(2,14-25)17(15-9-5-3-6-10-15)13-24-18(20(21,22)23)16-11-7-4-8-12-16/h3-12,17-18,24-25H,13-14H2,1-2H3. The van der Waals surface area contributed by atoms with Gasteiger partial charge in [-0.3, -0.25) is 0 Å². The fourth-order valence-electron chi connectivity index (χ4n) is 2.94. The van der Waals surface area contributed by atoms with Gasteiger partial charge in [-0.25, -0.2) is 0 Å². The molecule has 2 aromatic carbocycles. The predicted octanol–water partition coefficient (Wildman–Crippen LogP) is 4.68. The monoisotopic (exact) mass is 351 g/mol. The summed E-state index contributed by atoms with van der Waals surface area (Å²) in [5, 5.41) is 12.4. The summed E-state index contributed by atoms with van der Waals surface area (Å²) < 4.78 is 40.6. The summed E-state index contributed by atoms with van der Waals surface area (Å²) in [6, 6.07) is 15.4. The van der Waals surface area contributed by atoms with Crippen LogP contribution in [-0.4, -0.2) is 24.4 Å². The molecular weight excluding hydrogens is 327 g/mol. The van der Waals surface area contributed by atoms with Crippen LogP contribution in [0.25, 0.3) is 0 Å². The van der Waals surface area contributed by atoms with Crippen molar-refractivity contribution in [2.24, 2.45) is 5.41 Å². The zero-order valence-electron chi connectivity index (χ0n) is 14.4. The van der Waals surface area contributed by atoms with Gasteiger partial charge >= 0.3 is 6.18 Å². The first-order valence-corrected chi connectivity index (χ1v) is 8.26. The van der Waals surface area contributed by atoms with Crippen molar-refractivity contribution in [2.45, 2.75) is 32.0 Å². The van der Waals surface area contributed by atoms with Crippen molar-refractivity contribution in [1.82, 2.24) is 5.32 Å². The van der Waals surface area contributed by atoms with E-state index in [2.05, 4.69) is 5.32 Å². The second-order valence-electron chi connectivity index (χ2n) is 6.90. The van der Waals surface area contributed by atoms with E-state index in [4.69, 9.17) is 0 Å². The van der Waals surface area contributed by atoms with Gasteiger partial charge in [0, 0.05) is 19.1 Å². The van der Waals surface area contributed by atoms with Gasteiger partial charge in [-0.05, 0) is 16.5 Å². The molecule has 25 heavy (non-hydrogen) atoms. The maximum atomic E-state index is 13.5. The van der Waals surface area contributed by atoms with Crippen LogP contribution in [0.15, 0.2) is 60.7 Å². The summed E-state index contributed by atoms with van der Waals surface area (Å²) in [4.78, 5) is 0. The molecule has 0 saturated heterocycles. The van der Waals surface area contributed by atoms with Crippen LogP contribution in [0.4, 0.5) is 13.2 Å². The maximum absolute atomic E-state index is 13.5. The lowest BCUT2D eigenvalue weighted by Crippen LogP contribution is -2.40. The molecule has 2 rings (SSSR count). The molecule has 0 aliphatic rings. The summed E-state index contributed by atoms with van der Waals surface area (Å²) in [6.45, 7) is 3.71. The lowest BCUT2D eigenvalue weighted by molar-refractivity contribution is -0.158. The van der Waals surface area contributed by atoms with Crippen LogP contribution in [0.1, 0.15) is 36.9 Å². The Morgan fingerprint density at radius 2 is 1.36 bits per heavy atom. The third-order valence-corrected chi connectivity index (χ3v) is 4.54. The first-order chi connectivity index (χ1) is 11.8. The summed E-state index contributed by atoms with van der Waals surface area (Å²) in [6.07, 6.45) is -4.40. The van der Waals surface area contributed by atoms with Gasteiger partial charge in [0.1, 0.15) is 6.04 Å². The molecule has 0 heterocycles. The first kappa shape index (κ1) is 19.5. The molecule has 0 aliphatic heterocycles. The highest BCUT2D eigenvalue weighted by Crippen LogP contribution is 2.37. The predicted molar refractivity (Wildman–Crippen MR) is 93.3 cm³/mol. The van der Waals surface area contributed by atoms with Crippen molar-refractivity contribution in [3.8, 4) is 0 Å². The Morgan fingerprint density at radius 3 is 1.80 bits per heavy atom. The number of aliphatic hydroxyl groups is 1. The molecule has 0 saturated carbocycles. The number of hydrogen-bond acceptors (Lipinski definition) is 2. The van der Waals surface area contributed by atoms with E-state index < -0.39 is 17.6 Å². The second-order valence-corrected chi connectivity index (χ2v) is 6.90. The Balaban J connectivity index is 2.26. The molecule has 2 atom stereocenters. The molecule has 0 radical (unpaired) electrons. The minimum Gasteiger partial charge on any atom is -0.396 e. The minimum atomic E-state index is -4.40. The maximum Gasteiger partial charge on any atom is 0.407 e. The second kappa shape index (κ2) is 8.02. The van der Waals surface area contributed by atoms with Crippen molar-refractivity contribution in [1.29, 1.82) is 0 Å². The largest absolute Gasteiger partial charge is 0.407 e. The number of alkyl halides is 3. The number of hydrogen-bond donors (Lipinski definition) is 2. The molecule has 0 amide bonds. The van der Waals surface area contributed by atoms with E-state index in [9.17, 15) is 18.3 Å². The fourth-order valence-corrected chi connectivity index (χ4v) is 2.94. The highest BCUT2D eigenvalue weighted by atomic mass is 19.4. The minimum absolute atomic E-state index is 0.108. The van der Waals surface area contributed by atoms with Gasteiger partial charge < -0.3 is 10.4 Å². The summed E-state index contributed by atoms with van der Waals surface area (Å²) in [5.74, 6) is -0.257. The Labute approximate surface area is 146 Å². The topological polar surface area (TPSA) is 32.3 Å². The number of nitrogens with one attached hydrogen (secondary N) is 1. The highest BCUT2D eigenvalue weighted by Gasteiger charge is 2.41. The van der Waals surface area contributed by atoms with Gasteiger partial charge in [0.05, 0.1) is 0 Å². The molecule has 0 aromatic heterocycles. The molecule has 136 valence electrons. The van der Waals surface area contributed by atoms with Crippen LogP contribution in [-0.2, 0) is 0 Å². The number of benzene rings is 2. The molecule has 0 spiro atoms. The Hall–Kier alpha value is -1.85. The summed E-state index contributed by atoms with van der Waals surface area (Å²) in [5.41, 5.74) is 0.535. The fraction of sp³-hybridized carbons (Fsp3) is 0.400. The SMILES string of the molecule is CC(C)(CO)C(CNC(c1ccccc1)C(F)(F)F)c1ccccc1. The van der Waals surface area contributed by atoms with E-state index in [0.717, 1.165) is 5.56 Å². The van der Waals surface area contributed by atoms with Gasteiger partial charge in [0.2, 0.25) is 0 Å². The molecule has 0 bridgehead atoms. The highest BCUT2D eigenvalue weighted by molar-refractivity contribution is 5.24. The molecule has 2 nitrogen and oxygen atoms in total. The van der Waals surface area contributed by atoms with E-state index in [0.29, 0.717) is 0 Å².